The highest BCUT2D eigenvalue weighted by atomic mass is 35.5. The molecule has 0 fully saturated rings. The van der Waals surface area contributed by atoms with Gasteiger partial charge < -0.3 is 5.73 Å². The summed E-state index contributed by atoms with van der Waals surface area (Å²) in [7, 11) is 3.87. The average molecular weight is 220 g/mol. The Bertz CT molecular complexity index is 108. The van der Waals surface area contributed by atoms with Crippen molar-refractivity contribution in [3.8, 4) is 0 Å². The Morgan fingerprint density at radius 3 is 2.18 bits per heavy atom. The largest absolute Gasteiger partial charge is 0.377 e. The van der Waals surface area contributed by atoms with Crippen molar-refractivity contribution in [1.82, 2.24) is 4.31 Å². The maximum atomic E-state index is 5.46. The van der Waals surface area contributed by atoms with Crippen LogP contribution in [0.25, 0.3) is 0 Å². The summed E-state index contributed by atoms with van der Waals surface area (Å²) in [6, 6.07) is 0. The lowest BCUT2D eigenvalue weighted by Crippen LogP contribution is -2.14. The zero-order valence-electron chi connectivity index (χ0n) is 6.90. The first-order chi connectivity index (χ1) is 4.16. The van der Waals surface area contributed by atoms with Crippen molar-refractivity contribution in [3.63, 3.8) is 0 Å². The molecule has 0 aromatic heterocycles. The van der Waals surface area contributed by atoms with E-state index in [2.05, 4.69) is 4.99 Å². The van der Waals surface area contributed by atoms with E-state index in [1.165, 1.54) is 11.9 Å². The third-order valence-corrected chi connectivity index (χ3v) is 1.27. The molecule has 0 spiro atoms. The van der Waals surface area contributed by atoms with Crippen molar-refractivity contribution in [3.05, 3.63) is 0 Å². The van der Waals surface area contributed by atoms with Crippen LogP contribution in [0, 0.1) is 0 Å². The van der Waals surface area contributed by atoms with Crippen molar-refractivity contribution in [2.75, 3.05) is 20.6 Å². The Balaban J connectivity index is -0.000000320. The lowest BCUT2D eigenvalue weighted by atomic mass is 10.8. The maximum absolute atomic E-state index is 5.46. The molecule has 0 aromatic rings. The second kappa shape index (κ2) is 10.4. The summed E-state index contributed by atoms with van der Waals surface area (Å²) in [5, 5.41) is 0.627. The van der Waals surface area contributed by atoms with Crippen LogP contribution < -0.4 is 5.73 Å². The quantitative estimate of drug-likeness (QED) is 0.434. The van der Waals surface area contributed by atoms with Gasteiger partial charge in [-0.1, -0.05) is 0 Å². The number of halogens is 2. The second-order valence-electron chi connectivity index (χ2n) is 1.72. The van der Waals surface area contributed by atoms with Crippen LogP contribution in [0.1, 0.15) is 6.92 Å². The Morgan fingerprint density at radius 2 is 1.91 bits per heavy atom. The Hall–Kier alpha value is 0.360. The first-order valence-corrected chi connectivity index (χ1v) is 3.59. The van der Waals surface area contributed by atoms with Gasteiger partial charge in [-0.25, -0.2) is 4.31 Å². The van der Waals surface area contributed by atoms with Gasteiger partial charge in [0.2, 0.25) is 0 Å². The van der Waals surface area contributed by atoms with Crippen molar-refractivity contribution in [1.29, 1.82) is 0 Å². The van der Waals surface area contributed by atoms with E-state index < -0.39 is 0 Å². The normalized spacial score (nSPS) is 10.4. The van der Waals surface area contributed by atoms with Crippen LogP contribution in [0.4, 0.5) is 0 Å². The van der Waals surface area contributed by atoms with Gasteiger partial charge in [-0.05, 0) is 33.0 Å². The molecule has 0 saturated carbocycles. The molecule has 0 heterocycles. The minimum absolute atomic E-state index is 0. The van der Waals surface area contributed by atoms with E-state index in [1.54, 1.807) is 0 Å². The van der Waals surface area contributed by atoms with Gasteiger partial charge in [-0.15, -0.1) is 24.8 Å². The Kier molecular flexibility index (Phi) is 16.4. The maximum Gasteiger partial charge on any atom is 0.169 e. The van der Waals surface area contributed by atoms with Crippen molar-refractivity contribution >= 4 is 41.9 Å². The van der Waals surface area contributed by atoms with E-state index >= 15 is 0 Å². The second-order valence-corrected chi connectivity index (χ2v) is 3.05. The molecule has 70 valence electrons. The molecule has 11 heavy (non-hydrogen) atoms. The molecule has 0 aromatic carbocycles. The standard InChI is InChI=1S/C5H13N3S.2ClH/c1-4-7-5(6)9-8(2)3;;/h4H2,1-3H3,(H2,6,7);2*1H. The lowest BCUT2D eigenvalue weighted by Gasteiger charge is -2.05. The monoisotopic (exact) mass is 219 g/mol. The van der Waals surface area contributed by atoms with E-state index in [0.29, 0.717) is 5.17 Å². The molecular weight excluding hydrogens is 205 g/mol. The van der Waals surface area contributed by atoms with Gasteiger partial charge in [0.25, 0.3) is 0 Å². The average Bonchev–Trinajstić information content (AvgIpc) is 1.63. The minimum Gasteiger partial charge on any atom is -0.377 e. The third kappa shape index (κ3) is 13.4. The van der Waals surface area contributed by atoms with Crippen LogP contribution in [0.2, 0.25) is 0 Å². The minimum atomic E-state index is 0. The van der Waals surface area contributed by atoms with E-state index in [-0.39, 0.29) is 24.8 Å². The summed E-state index contributed by atoms with van der Waals surface area (Å²) in [6.07, 6.45) is 0. The molecule has 6 heteroatoms. The van der Waals surface area contributed by atoms with Gasteiger partial charge in [0.1, 0.15) is 0 Å². The first-order valence-electron chi connectivity index (χ1n) is 2.82. The predicted molar refractivity (Wildman–Crippen MR) is 57.9 cm³/mol. The first kappa shape index (κ1) is 17.4. The van der Waals surface area contributed by atoms with Crippen LogP contribution in [-0.4, -0.2) is 30.1 Å². The van der Waals surface area contributed by atoms with Crippen LogP contribution in [-0.2, 0) is 0 Å². The molecule has 0 atom stereocenters. The van der Waals surface area contributed by atoms with Gasteiger partial charge in [-0.3, -0.25) is 4.99 Å². The number of nitrogens with zero attached hydrogens (tertiary/aromatic N) is 2. The topological polar surface area (TPSA) is 41.6 Å². The molecule has 0 radical (unpaired) electrons. The van der Waals surface area contributed by atoms with Crippen LogP contribution in [0.3, 0.4) is 0 Å². The molecule has 0 saturated heterocycles. The predicted octanol–water partition coefficient (Wildman–Crippen LogP) is 1.37. The third-order valence-electron chi connectivity index (χ3n) is 0.590. The zero-order valence-corrected chi connectivity index (χ0v) is 9.35. The fraction of sp³-hybridized carbons (Fsp3) is 0.800. The fourth-order valence-corrected chi connectivity index (χ4v) is 0.933. The van der Waals surface area contributed by atoms with E-state index in [4.69, 9.17) is 5.73 Å². The van der Waals surface area contributed by atoms with Gasteiger partial charge in [-0.2, -0.15) is 0 Å². The van der Waals surface area contributed by atoms with Crippen molar-refractivity contribution in [2.45, 2.75) is 6.92 Å². The SMILES string of the molecule is CCN=C(N)SN(C)C.Cl.Cl. The molecule has 0 bridgehead atoms. The van der Waals surface area contributed by atoms with Crippen molar-refractivity contribution < 1.29 is 0 Å². The van der Waals surface area contributed by atoms with Gasteiger partial charge in [0.15, 0.2) is 5.17 Å². The summed E-state index contributed by atoms with van der Waals surface area (Å²) in [6.45, 7) is 2.72. The van der Waals surface area contributed by atoms with Gasteiger partial charge in [0, 0.05) is 6.54 Å². The molecule has 3 nitrogen and oxygen atoms in total. The van der Waals surface area contributed by atoms with Gasteiger partial charge >= 0.3 is 0 Å². The Labute approximate surface area is 84.8 Å². The summed E-state index contributed by atoms with van der Waals surface area (Å²) < 4.78 is 1.91. The molecule has 0 aliphatic carbocycles. The smallest absolute Gasteiger partial charge is 0.169 e. The molecule has 0 unspecified atom stereocenters. The molecule has 0 rings (SSSR count). The zero-order chi connectivity index (χ0) is 7.28. The van der Waals surface area contributed by atoms with E-state index in [1.807, 2.05) is 25.3 Å². The van der Waals surface area contributed by atoms with Crippen LogP contribution in [0.15, 0.2) is 4.99 Å². The van der Waals surface area contributed by atoms with E-state index in [9.17, 15) is 0 Å². The van der Waals surface area contributed by atoms with E-state index in [0.717, 1.165) is 6.54 Å². The molecular formula is C5H15Cl2N3S. The number of nitrogens with two attached hydrogens (primary N) is 1. The number of hydrogen-bond donors (Lipinski definition) is 1. The number of hydrogen-bond acceptors (Lipinski definition) is 3. The summed E-state index contributed by atoms with van der Waals surface area (Å²) >= 11 is 1.44. The number of rotatable bonds is 2. The van der Waals surface area contributed by atoms with Gasteiger partial charge in [0.05, 0.1) is 0 Å². The van der Waals surface area contributed by atoms with Crippen molar-refractivity contribution in [2.24, 2.45) is 10.7 Å². The summed E-state index contributed by atoms with van der Waals surface area (Å²) in [5.74, 6) is 0. The lowest BCUT2D eigenvalue weighted by molar-refractivity contribution is 0.709. The summed E-state index contributed by atoms with van der Waals surface area (Å²) in [5.41, 5.74) is 5.46. The molecule has 0 aliphatic rings. The number of aliphatic imine (C=N–C) groups is 1. The molecule has 2 N–H and O–H groups in total. The fourth-order valence-electron chi connectivity index (χ4n) is 0.372. The highest BCUT2D eigenvalue weighted by molar-refractivity contribution is 8.11. The Morgan fingerprint density at radius 1 is 1.45 bits per heavy atom. The highest BCUT2D eigenvalue weighted by Gasteiger charge is 1.92. The molecule has 0 amide bonds. The highest BCUT2D eigenvalue weighted by Crippen LogP contribution is 2.01. The summed E-state index contributed by atoms with van der Waals surface area (Å²) in [4.78, 5) is 3.98. The molecule has 0 aliphatic heterocycles. The van der Waals surface area contributed by atoms with Crippen LogP contribution in [0.5, 0.6) is 0 Å². The van der Waals surface area contributed by atoms with Crippen LogP contribution >= 0.6 is 36.8 Å². The number of amidine groups is 1.